The van der Waals surface area contributed by atoms with Crippen LogP contribution in [-0.2, 0) is 10.0 Å². The van der Waals surface area contributed by atoms with Crippen LogP contribution in [0.1, 0.15) is 13.8 Å². The van der Waals surface area contributed by atoms with E-state index in [2.05, 4.69) is 10.3 Å². The van der Waals surface area contributed by atoms with Crippen LogP contribution >= 0.6 is 0 Å². The number of rotatable bonds is 2. The van der Waals surface area contributed by atoms with E-state index in [0.717, 1.165) is 0 Å². The van der Waals surface area contributed by atoms with E-state index in [1.54, 1.807) is 28.7 Å². The van der Waals surface area contributed by atoms with Gasteiger partial charge in [0.25, 0.3) is 0 Å². The first-order valence-corrected chi connectivity index (χ1v) is 8.54. The van der Waals surface area contributed by atoms with Gasteiger partial charge in [-0.3, -0.25) is 4.98 Å². The summed E-state index contributed by atoms with van der Waals surface area (Å²) in [7, 11) is -3.53. The zero-order valence-electron chi connectivity index (χ0n) is 12.2. The monoisotopic (exact) mass is 305 g/mol. The standard InChI is InChI=1S/C15H19N3O2S/c1-11-9-16-10-12(2)18(11)21(19,20)15-7-3-6-14-13(15)5-4-8-17-14/h3-8,11-12,16H,9-10H2,1-2H3. The molecule has 0 amide bonds. The van der Waals surface area contributed by atoms with Gasteiger partial charge in [0.15, 0.2) is 0 Å². The Morgan fingerprint density at radius 2 is 1.86 bits per heavy atom. The maximum Gasteiger partial charge on any atom is 0.244 e. The van der Waals surface area contributed by atoms with Crippen LogP contribution in [0.2, 0.25) is 0 Å². The Balaban J connectivity index is 2.16. The van der Waals surface area contributed by atoms with Gasteiger partial charge in [0.2, 0.25) is 10.0 Å². The number of nitrogens with one attached hydrogen (secondary N) is 1. The Kier molecular flexibility index (Phi) is 3.69. The molecule has 1 aliphatic heterocycles. The number of hydrogen-bond donors (Lipinski definition) is 1. The maximum absolute atomic E-state index is 13.1. The fraction of sp³-hybridized carbons (Fsp3) is 0.400. The number of fused-ring (bicyclic) bond motifs is 1. The zero-order chi connectivity index (χ0) is 15.0. The van der Waals surface area contributed by atoms with Gasteiger partial charge in [-0.25, -0.2) is 8.42 Å². The molecule has 1 saturated heterocycles. The van der Waals surface area contributed by atoms with Crippen molar-refractivity contribution in [3.05, 3.63) is 36.5 Å². The molecule has 6 heteroatoms. The van der Waals surface area contributed by atoms with E-state index in [4.69, 9.17) is 0 Å². The molecule has 2 aromatic rings. The first-order chi connectivity index (χ1) is 10.0. The van der Waals surface area contributed by atoms with Gasteiger partial charge in [-0.2, -0.15) is 4.31 Å². The van der Waals surface area contributed by atoms with Crippen molar-refractivity contribution in [1.82, 2.24) is 14.6 Å². The molecule has 1 aromatic carbocycles. The fourth-order valence-electron chi connectivity index (χ4n) is 3.00. The lowest BCUT2D eigenvalue weighted by Crippen LogP contribution is -2.57. The minimum atomic E-state index is -3.53. The van der Waals surface area contributed by atoms with Crippen LogP contribution in [0.5, 0.6) is 0 Å². The molecular formula is C15H19N3O2S. The highest BCUT2D eigenvalue weighted by Crippen LogP contribution is 2.28. The largest absolute Gasteiger partial charge is 0.314 e. The van der Waals surface area contributed by atoms with Crippen molar-refractivity contribution in [2.24, 2.45) is 0 Å². The normalized spacial score (nSPS) is 24.3. The van der Waals surface area contributed by atoms with E-state index >= 15 is 0 Å². The topological polar surface area (TPSA) is 62.3 Å². The summed E-state index contributed by atoms with van der Waals surface area (Å²) < 4.78 is 27.8. The second kappa shape index (κ2) is 5.36. The van der Waals surface area contributed by atoms with Crippen LogP contribution in [0.3, 0.4) is 0 Å². The molecule has 21 heavy (non-hydrogen) atoms. The third-order valence-corrected chi connectivity index (χ3v) is 6.10. The summed E-state index contributed by atoms with van der Waals surface area (Å²) >= 11 is 0. The van der Waals surface area contributed by atoms with Gasteiger partial charge in [0.05, 0.1) is 10.4 Å². The molecular weight excluding hydrogens is 286 g/mol. The second-order valence-corrected chi connectivity index (χ2v) is 7.33. The minimum Gasteiger partial charge on any atom is -0.314 e. The summed E-state index contributed by atoms with van der Waals surface area (Å²) in [5.41, 5.74) is 0.703. The van der Waals surface area contributed by atoms with Crippen molar-refractivity contribution in [3.63, 3.8) is 0 Å². The number of pyridine rings is 1. The lowest BCUT2D eigenvalue weighted by molar-refractivity contribution is 0.220. The summed E-state index contributed by atoms with van der Waals surface area (Å²) in [4.78, 5) is 4.58. The van der Waals surface area contributed by atoms with Crippen molar-refractivity contribution in [2.75, 3.05) is 13.1 Å². The van der Waals surface area contributed by atoms with Gasteiger partial charge in [-0.15, -0.1) is 0 Å². The van der Waals surface area contributed by atoms with Crippen LogP contribution in [0, 0.1) is 0 Å². The molecule has 3 rings (SSSR count). The molecule has 0 radical (unpaired) electrons. The highest BCUT2D eigenvalue weighted by molar-refractivity contribution is 7.89. The van der Waals surface area contributed by atoms with Crippen LogP contribution in [0.15, 0.2) is 41.4 Å². The van der Waals surface area contributed by atoms with Crippen LogP contribution in [0.4, 0.5) is 0 Å². The number of benzene rings is 1. The molecule has 2 unspecified atom stereocenters. The van der Waals surface area contributed by atoms with E-state index in [1.165, 1.54) is 0 Å². The first-order valence-electron chi connectivity index (χ1n) is 7.10. The molecule has 5 nitrogen and oxygen atoms in total. The van der Waals surface area contributed by atoms with Crippen molar-refractivity contribution >= 4 is 20.9 Å². The molecule has 1 aliphatic rings. The lowest BCUT2D eigenvalue weighted by Gasteiger charge is -2.38. The van der Waals surface area contributed by atoms with Crippen LogP contribution < -0.4 is 5.32 Å². The third kappa shape index (κ3) is 2.43. The van der Waals surface area contributed by atoms with Crippen LogP contribution in [0.25, 0.3) is 10.9 Å². The SMILES string of the molecule is CC1CNCC(C)N1S(=O)(=O)c1cccc2ncccc12. The molecule has 0 spiro atoms. The molecule has 1 aromatic heterocycles. The van der Waals surface area contributed by atoms with Crippen molar-refractivity contribution in [2.45, 2.75) is 30.8 Å². The molecule has 112 valence electrons. The average molecular weight is 305 g/mol. The molecule has 0 saturated carbocycles. The fourth-order valence-corrected chi connectivity index (χ4v) is 5.03. The van der Waals surface area contributed by atoms with Crippen molar-refractivity contribution < 1.29 is 8.42 Å². The highest BCUT2D eigenvalue weighted by Gasteiger charge is 2.36. The first kappa shape index (κ1) is 14.4. The van der Waals surface area contributed by atoms with E-state index in [1.807, 2.05) is 26.0 Å². The third-order valence-electron chi connectivity index (χ3n) is 3.91. The quantitative estimate of drug-likeness (QED) is 0.915. The summed E-state index contributed by atoms with van der Waals surface area (Å²) in [6.45, 7) is 5.21. The summed E-state index contributed by atoms with van der Waals surface area (Å²) in [6.07, 6.45) is 1.68. The number of nitrogens with zero attached hydrogens (tertiary/aromatic N) is 2. The molecule has 0 bridgehead atoms. The van der Waals surface area contributed by atoms with Crippen molar-refractivity contribution in [3.8, 4) is 0 Å². The van der Waals surface area contributed by atoms with Gasteiger partial charge in [-0.1, -0.05) is 6.07 Å². The van der Waals surface area contributed by atoms with Crippen LogP contribution in [-0.4, -0.2) is 42.9 Å². The Morgan fingerprint density at radius 3 is 2.57 bits per heavy atom. The van der Waals surface area contributed by atoms with Gasteiger partial charge in [-0.05, 0) is 38.1 Å². The number of aromatic nitrogens is 1. The predicted octanol–water partition coefficient (Wildman–Crippen LogP) is 1.61. The predicted molar refractivity (Wildman–Crippen MR) is 82.6 cm³/mol. The van der Waals surface area contributed by atoms with E-state index < -0.39 is 10.0 Å². The molecule has 2 atom stereocenters. The minimum absolute atomic E-state index is 0.0642. The number of sulfonamides is 1. The van der Waals surface area contributed by atoms with E-state index in [-0.39, 0.29) is 12.1 Å². The zero-order valence-corrected chi connectivity index (χ0v) is 13.0. The van der Waals surface area contributed by atoms with E-state index in [0.29, 0.717) is 28.9 Å². The summed E-state index contributed by atoms with van der Waals surface area (Å²) in [5, 5.41) is 3.94. The summed E-state index contributed by atoms with van der Waals surface area (Å²) in [5.74, 6) is 0. The Morgan fingerprint density at radius 1 is 1.14 bits per heavy atom. The molecule has 0 aliphatic carbocycles. The van der Waals surface area contributed by atoms with Gasteiger partial charge < -0.3 is 5.32 Å². The molecule has 1 N–H and O–H groups in total. The Hall–Kier alpha value is -1.50. The Bertz CT molecular complexity index is 745. The average Bonchev–Trinajstić information content (AvgIpc) is 2.46. The lowest BCUT2D eigenvalue weighted by atomic mass is 10.2. The molecule has 1 fully saturated rings. The Labute approximate surface area is 125 Å². The smallest absolute Gasteiger partial charge is 0.244 e. The molecule has 2 heterocycles. The van der Waals surface area contributed by atoms with Gasteiger partial charge in [0, 0.05) is 36.8 Å². The number of piperazine rings is 1. The number of hydrogen-bond acceptors (Lipinski definition) is 4. The highest BCUT2D eigenvalue weighted by atomic mass is 32.2. The second-order valence-electron chi connectivity index (χ2n) is 5.52. The van der Waals surface area contributed by atoms with E-state index in [9.17, 15) is 8.42 Å². The van der Waals surface area contributed by atoms with Crippen molar-refractivity contribution in [1.29, 1.82) is 0 Å². The summed E-state index contributed by atoms with van der Waals surface area (Å²) in [6, 6.07) is 8.70. The maximum atomic E-state index is 13.1. The van der Waals surface area contributed by atoms with Gasteiger partial charge in [0.1, 0.15) is 0 Å². The van der Waals surface area contributed by atoms with Gasteiger partial charge >= 0.3 is 0 Å².